The molecular weight excluding hydrogens is 376 g/mol. The van der Waals surface area contributed by atoms with E-state index in [-0.39, 0.29) is 18.2 Å². The maximum Gasteiger partial charge on any atom is 0.248 e. The van der Waals surface area contributed by atoms with Gasteiger partial charge in [-0.15, -0.1) is 10.2 Å². The van der Waals surface area contributed by atoms with Gasteiger partial charge in [0.1, 0.15) is 16.8 Å². The number of benzene rings is 2. The Labute approximate surface area is 166 Å². The summed E-state index contributed by atoms with van der Waals surface area (Å²) in [7, 11) is 1.60. The molecule has 0 aliphatic heterocycles. The van der Waals surface area contributed by atoms with Gasteiger partial charge in [0, 0.05) is 5.56 Å². The second-order valence-electron chi connectivity index (χ2n) is 6.08. The van der Waals surface area contributed by atoms with E-state index in [1.54, 1.807) is 14.0 Å². The zero-order chi connectivity index (χ0) is 19.9. The lowest BCUT2D eigenvalue weighted by Gasteiger charge is -2.12. The molecule has 1 heterocycles. The molecule has 0 radical (unpaired) electrons. The summed E-state index contributed by atoms with van der Waals surface area (Å²) in [5, 5.41) is 14.5. The fraction of sp³-hybridized carbons (Fsp3) is 0.200. The van der Waals surface area contributed by atoms with Crippen LogP contribution in [0.1, 0.15) is 12.5 Å². The normalized spacial score (nSPS) is 11.5. The Bertz CT molecular complexity index is 942. The summed E-state index contributed by atoms with van der Waals surface area (Å²) in [6.07, 6.45) is 0.221. The van der Waals surface area contributed by atoms with Crippen LogP contribution >= 0.6 is 11.3 Å². The highest BCUT2D eigenvalue weighted by Gasteiger charge is 2.18. The number of anilines is 1. The van der Waals surface area contributed by atoms with E-state index in [1.165, 1.54) is 11.3 Å². The number of amides is 2. The van der Waals surface area contributed by atoms with Gasteiger partial charge >= 0.3 is 0 Å². The summed E-state index contributed by atoms with van der Waals surface area (Å²) in [6, 6.07) is 16.1. The standard InChI is InChI=1S/C20H20N4O3S/c1-13(21-17(25)12-14-6-4-3-5-7-14)18(26)22-20-24-23-19(28-20)15-8-10-16(27-2)11-9-15/h3-11,13H,12H2,1-2H3,(H,21,25)(H,22,24,26). The molecular formula is C20H20N4O3S. The van der Waals surface area contributed by atoms with E-state index in [4.69, 9.17) is 4.74 Å². The molecule has 0 bridgehead atoms. The fourth-order valence-electron chi connectivity index (χ4n) is 2.48. The summed E-state index contributed by atoms with van der Waals surface area (Å²) >= 11 is 1.26. The van der Waals surface area contributed by atoms with Gasteiger partial charge in [-0.25, -0.2) is 0 Å². The molecule has 8 heteroatoms. The first-order chi connectivity index (χ1) is 13.5. The van der Waals surface area contributed by atoms with Crippen LogP contribution in [-0.4, -0.2) is 35.2 Å². The van der Waals surface area contributed by atoms with Gasteiger partial charge in [0.25, 0.3) is 0 Å². The van der Waals surface area contributed by atoms with E-state index in [1.807, 2.05) is 54.6 Å². The van der Waals surface area contributed by atoms with Crippen LogP contribution in [0.15, 0.2) is 54.6 Å². The highest BCUT2D eigenvalue weighted by atomic mass is 32.1. The first kappa shape index (κ1) is 19.5. The van der Waals surface area contributed by atoms with Gasteiger partial charge in [-0.05, 0) is 36.8 Å². The molecule has 0 saturated carbocycles. The largest absolute Gasteiger partial charge is 0.497 e. The second kappa shape index (κ2) is 9.09. The zero-order valence-corrected chi connectivity index (χ0v) is 16.3. The summed E-state index contributed by atoms with van der Waals surface area (Å²) in [4.78, 5) is 24.4. The predicted octanol–water partition coefficient (Wildman–Crippen LogP) is 2.90. The Morgan fingerprint density at radius 1 is 1.07 bits per heavy atom. The number of hydrogen-bond acceptors (Lipinski definition) is 6. The average Bonchev–Trinajstić information content (AvgIpc) is 3.17. The summed E-state index contributed by atoms with van der Waals surface area (Å²) in [6.45, 7) is 1.63. The number of aromatic nitrogens is 2. The zero-order valence-electron chi connectivity index (χ0n) is 15.5. The topological polar surface area (TPSA) is 93.2 Å². The van der Waals surface area contributed by atoms with Crippen LogP contribution in [0.2, 0.25) is 0 Å². The van der Waals surface area contributed by atoms with Crippen molar-refractivity contribution in [2.24, 2.45) is 0 Å². The van der Waals surface area contributed by atoms with Crippen LogP contribution in [-0.2, 0) is 16.0 Å². The number of methoxy groups -OCH3 is 1. The Hall–Kier alpha value is -3.26. The monoisotopic (exact) mass is 396 g/mol. The Morgan fingerprint density at radius 2 is 1.79 bits per heavy atom. The van der Waals surface area contributed by atoms with Crippen LogP contribution in [0.4, 0.5) is 5.13 Å². The number of hydrogen-bond donors (Lipinski definition) is 2. The molecule has 0 spiro atoms. The van der Waals surface area contributed by atoms with E-state index >= 15 is 0 Å². The van der Waals surface area contributed by atoms with Crippen LogP contribution in [0.5, 0.6) is 5.75 Å². The Kier molecular flexibility index (Phi) is 6.33. The van der Waals surface area contributed by atoms with E-state index in [0.717, 1.165) is 16.9 Å². The molecule has 0 fully saturated rings. The molecule has 1 aromatic heterocycles. The molecule has 144 valence electrons. The summed E-state index contributed by atoms with van der Waals surface area (Å²) < 4.78 is 5.13. The quantitative estimate of drug-likeness (QED) is 0.641. The van der Waals surface area contributed by atoms with Crippen LogP contribution in [0, 0.1) is 0 Å². The van der Waals surface area contributed by atoms with E-state index in [2.05, 4.69) is 20.8 Å². The van der Waals surface area contributed by atoms with E-state index in [0.29, 0.717) is 10.1 Å². The third-order valence-electron chi connectivity index (χ3n) is 3.97. The lowest BCUT2D eigenvalue weighted by Crippen LogP contribution is -2.42. The molecule has 7 nitrogen and oxygen atoms in total. The van der Waals surface area contributed by atoms with Crippen molar-refractivity contribution in [3.8, 4) is 16.3 Å². The SMILES string of the molecule is COc1ccc(-c2nnc(NC(=O)C(C)NC(=O)Cc3ccccc3)s2)cc1. The number of nitrogens with one attached hydrogen (secondary N) is 2. The Balaban J connectivity index is 1.55. The first-order valence-electron chi connectivity index (χ1n) is 8.67. The first-order valence-corrected chi connectivity index (χ1v) is 9.49. The van der Waals surface area contributed by atoms with Crippen molar-refractivity contribution in [1.82, 2.24) is 15.5 Å². The molecule has 2 N–H and O–H groups in total. The average molecular weight is 396 g/mol. The second-order valence-corrected chi connectivity index (χ2v) is 7.06. The highest BCUT2D eigenvalue weighted by molar-refractivity contribution is 7.18. The van der Waals surface area contributed by atoms with Crippen LogP contribution in [0.3, 0.4) is 0 Å². The maximum atomic E-state index is 12.3. The minimum Gasteiger partial charge on any atom is -0.497 e. The van der Waals surface area contributed by atoms with Crippen molar-refractivity contribution in [1.29, 1.82) is 0 Å². The molecule has 1 atom stereocenters. The van der Waals surface area contributed by atoms with Gasteiger partial charge in [0.15, 0.2) is 0 Å². The molecule has 3 rings (SSSR count). The van der Waals surface area contributed by atoms with Gasteiger partial charge in [-0.3, -0.25) is 14.9 Å². The highest BCUT2D eigenvalue weighted by Crippen LogP contribution is 2.27. The minimum absolute atomic E-state index is 0.218. The van der Waals surface area contributed by atoms with Gasteiger partial charge in [-0.1, -0.05) is 41.7 Å². The van der Waals surface area contributed by atoms with Gasteiger partial charge in [-0.2, -0.15) is 0 Å². The predicted molar refractivity (Wildman–Crippen MR) is 108 cm³/mol. The lowest BCUT2D eigenvalue weighted by atomic mass is 10.1. The van der Waals surface area contributed by atoms with Gasteiger partial charge in [0.2, 0.25) is 16.9 Å². The molecule has 28 heavy (non-hydrogen) atoms. The summed E-state index contributed by atoms with van der Waals surface area (Å²) in [5.41, 5.74) is 1.77. The lowest BCUT2D eigenvalue weighted by molar-refractivity contribution is -0.125. The number of nitrogens with zero attached hydrogens (tertiary/aromatic N) is 2. The van der Waals surface area contributed by atoms with Crippen molar-refractivity contribution >= 4 is 28.3 Å². The van der Waals surface area contributed by atoms with Crippen molar-refractivity contribution in [2.45, 2.75) is 19.4 Å². The van der Waals surface area contributed by atoms with Gasteiger partial charge < -0.3 is 10.1 Å². The van der Waals surface area contributed by atoms with Gasteiger partial charge in [0.05, 0.1) is 13.5 Å². The Morgan fingerprint density at radius 3 is 2.46 bits per heavy atom. The number of carbonyl (C=O) groups is 2. The number of carbonyl (C=O) groups excluding carboxylic acids is 2. The molecule has 0 saturated heterocycles. The van der Waals surface area contributed by atoms with Crippen LogP contribution in [0.25, 0.3) is 10.6 Å². The number of rotatable bonds is 7. The molecule has 0 aliphatic carbocycles. The van der Waals surface area contributed by atoms with Crippen LogP contribution < -0.4 is 15.4 Å². The fourth-order valence-corrected chi connectivity index (χ4v) is 3.23. The third-order valence-corrected chi connectivity index (χ3v) is 4.86. The third kappa shape index (κ3) is 5.14. The maximum absolute atomic E-state index is 12.3. The smallest absolute Gasteiger partial charge is 0.248 e. The van der Waals surface area contributed by atoms with Crippen molar-refractivity contribution < 1.29 is 14.3 Å². The molecule has 1 unspecified atom stereocenters. The van der Waals surface area contributed by atoms with Crippen molar-refractivity contribution in [3.63, 3.8) is 0 Å². The number of ether oxygens (including phenoxy) is 1. The van der Waals surface area contributed by atoms with Crippen molar-refractivity contribution in [2.75, 3.05) is 12.4 Å². The van der Waals surface area contributed by atoms with E-state index < -0.39 is 6.04 Å². The molecule has 2 aromatic carbocycles. The molecule has 3 aromatic rings. The molecule has 0 aliphatic rings. The molecule has 2 amide bonds. The summed E-state index contributed by atoms with van der Waals surface area (Å²) in [5.74, 6) is 0.186. The van der Waals surface area contributed by atoms with E-state index in [9.17, 15) is 9.59 Å². The minimum atomic E-state index is -0.690. The van der Waals surface area contributed by atoms with Crippen molar-refractivity contribution in [3.05, 3.63) is 60.2 Å².